The molecular weight excluding hydrogens is 416 g/mol. The van der Waals surface area contributed by atoms with Gasteiger partial charge in [-0.1, -0.05) is 82.3 Å². The third kappa shape index (κ3) is 7.52. The van der Waals surface area contributed by atoms with Crippen LogP contribution in [0.4, 0.5) is 0 Å². The molecule has 0 radical (unpaired) electrons. The lowest BCUT2D eigenvalue weighted by atomic mass is 9.92. The van der Waals surface area contributed by atoms with Crippen molar-refractivity contribution in [2.24, 2.45) is 0 Å². The molecule has 0 spiro atoms. The molecule has 0 bridgehead atoms. The summed E-state index contributed by atoms with van der Waals surface area (Å²) in [5.41, 5.74) is 8.68. The maximum Gasteiger partial charge on any atom is 0.122 e. The quantitative estimate of drug-likeness (QED) is 0.345. The molecule has 3 aromatic carbocycles. The number of aromatic hydroxyl groups is 2. The number of aryl methyl sites for hydroxylation is 3. The molecule has 0 aliphatic rings. The first kappa shape index (κ1) is 29.0. The number of hydrogen-bond donors (Lipinski definition) is 2. The molecular formula is C32H44O2. The molecule has 0 fully saturated rings. The van der Waals surface area contributed by atoms with Crippen LogP contribution in [0.2, 0.25) is 0 Å². The van der Waals surface area contributed by atoms with E-state index in [9.17, 15) is 10.2 Å². The Morgan fingerprint density at radius 2 is 1.24 bits per heavy atom. The van der Waals surface area contributed by atoms with Gasteiger partial charge in [0, 0.05) is 0 Å². The Bertz CT molecular complexity index is 1040. The van der Waals surface area contributed by atoms with Crippen molar-refractivity contribution in [3.8, 4) is 22.6 Å². The lowest BCUT2D eigenvalue weighted by Gasteiger charge is -2.14. The molecule has 2 N–H and O–H groups in total. The SMILES string of the molecule is C/C=C/CCc1ccc(-c2ccc(CCc3ccc(O)c(C)c3C)c(O)c2C)cc1.CC.CC. The van der Waals surface area contributed by atoms with Crippen molar-refractivity contribution in [2.75, 3.05) is 0 Å². The molecule has 0 aliphatic carbocycles. The van der Waals surface area contributed by atoms with Crippen LogP contribution in [0, 0.1) is 20.8 Å². The Kier molecular flexibility index (Phi) is 12.8. The predicted molar refractivity (Wildman–Crippen MR) is 149 cm³/mol. The van der Waals surface area contributed by atoms with Gasteiger partial charge in [-0.3, -0.25) is 0 Å². The van der Waals surface area contributed by atoms with Crippen LogP contribution in [0.15, 0.2) is 60.7 Å². The van der Waals surface area contributed by atoms with E-state index in [4.69, 9.17) is 0 Å². The van der Waals surface area contributed by atoms with Gasteiger partial charge < -0.3 is 10.2 Å². The first-order valence-electron chi connectivity index (χ1n) is 12.7. The van der Waals surface area contributed by atoms with Crippen LogP contribution < -0.4 is 0 Å². The summed E-state index contributed by atoms with van der Waals surface area (Å²) in [5.74, 6) is 0.727. The molecule has 0 aliphatic heterocycles. The lowest BCUT2D eigenvalue weighted by molar-refractivity contribution is 0.463. The van der Waals surface area contributed by atoms with E-state index in [2.05, 4.69) is 49.4 Å². The van der Waals surface area contributed by atoms with Gasteiger partial charge in [0.15, 0.2) is 0 Å². The standard InChI is InChI=1S/C28H32O2.2C2H6/c1-5-6-7-8-22-9-11-24(12-10-22)26-17-15-25(28(30)21(26)4)14-13-23-16-18-27(29)20(3)19(23)2;2*1-2/h5-6,9-12,15-18,29-30H,7-8,13-14H2,1-4H3;2*1-2H3/b6-5+;;. The third-order valence-corrected chi connectivity index (χ3v) is 6.15. The lowest BCUT2D eigenvalue weighted by Crippen LogP contribution is -1.98. The summed E-state index contributed by atoms with van der Waals surface area (Å²) in [4.78, 5) is 0. The topological polar surface area (TPSA) is 40.5 Å². The first-order valence-corrected chi connectivity index (χ1v) is 12.7. The molecule has 0 aromatic heterocycles. The van der Waals surface area contributed by atoms with Gasteiger partial charge in [-0.2, -0.15) is 0 Å². The zero-order valence-electron chi connectivity index (χ0n) is 22.5. The Hall–Kier alpha value is -3.00. The van der Waals surface area contributed by atoms with E-state index in [1.54, 1.807) is 6.07 Å². The summed E-state index contributed by atoms with van der Waals surface area (Å²) in [6.45, 7) is 16.0. The van der Waals surface area contributed by atoms with Crippen molar-refractivity contribution in [1.29, 1.82) is 0 Å². The summed E-state index contributed by atoms with van der Waals surface area (Å²) >= 11 is 0. The fourth-order valence-corrected chi connectivity index (χ4v) is 3.94. The normalized spacial score (nSPS) is 10.4. The van der Waals surface area contributed by atoms with Gasteiger partial charge in [-0.25, -0.2) is 0 Å². The highest BCUT2D eigenvalue weighted by molar-refractivity contribution is 5.71. The molecule has 34 heavy (non-hydrogen) atoms. The zero-order chi connectivity index (χ0) is 25.7. The molecule has 2 heteroatoms. The average molecular weight is 461 g/mol. The van der Waals surface area contributed by atoms with Crippen molar-refractivity contribution < 1.29 is 10.2 Å². The van der Waals surface area contributed by atoms with Crippen LogP contribution in [0.25, 0.3) is 11.1 Å². The van der Waals surface area contributed by atoms with E-state index >= 15 is 0 Å². The Morgan fingerprint density at radius 1 is 0.647 bits per heavy atom. The Balaban J connectivity index is 0.00000137. The average Bonchev–Trinajstić information content (AvgIpc) is 2.88. The number of benzene rings is 3. The first-order chi connectivity index (χ1) is 16.4. The monoisotopic (exact) mass is 460 g/mol. The largest absolute Gasteiger partial charge is 0.508 e. The predicted octanol–water partition coefficient (Wildman–Crippen LogP) is 9.04. The van der Waals surface area contributed by atoms with Gasteiger partial charge >= 0.3 is 0 Å². The molecule has 0 unspecified atom stereocenters. The van der Waals surface area contributed by atoms with E-state index in [1.165, 1.54) is 11.1 Å². The van der Waals surface area contributed by atoms with Crippen LogP contribution >= 0.6 is 0 Å². The van der Waals surface area contributed by atoms with Crippen LogP contribution in [0.1, 0.15) is 74.4 Å². The molecule has 3 aromatic rings. The van der Waals surface area contributed by atoms with Gasteiger partial charge in [-0.05, 0) is 104 Å². The van der Waals surface area contributed by atoms with E-state index in [-0.39, 0.29) is 0 Å². The molecule has 0 saturated carbocycles. The second-order valence-corrected chi connectivity index (χ2v) is 8.04. The number of hydrogen-bond acceptors (Lipinski definition) is 2. The summed E-state index contributed by atoms with van der Waals surface area (Å²) in [6, 6.07) is 16.6. The number of phenols is 2. The second kappa shape index (κ2) is 15.0. The van der Waals surface area contributed by atoms with Crippen molar-refractivity contribution in [1.82, 2.24) is 0 Å². The van der Waals surface area contributed by atoms with E-state index in [0.29, 0.717) is 11.5 Å². The van der Waals surface area contributed by atoms with Crippen LogP contribution in [-0.4, -0.2) is 10.2 Å². The van der Waals surface area contributed by atoms with Crippen molar-refractivity contribution in [2.45, 2.75) is 81.1 Å². The van der Waals surface area contributed by atoms with E-state index in [1.807, 2.05) is 60.6 Å². The van der Waals surface area contributed by atoms with Gasteiger partial charge in [0.25, 0.3) is 0 Å². The molecule has 0 saturated heterocycles. The van der Waals surface area contributed by atoms with Crippen LogP contribution in [0.5, 0.6) is 11.5 Å². The minimum Gasteiger partial charge on any atom is -0.508 e. The smallest absolute Gasteiger partial charge is 0.122 e. The minimum absolute atomic E-state index is 0.340. The molecule has 0 heterocycles. The summed E-state index contributed by atoms with van der Waals surface area (Å²) in [7, 11) is 0. The molecule has 3 rings (SSSR count). The van der Waals surface area contributed by atoms with Gasteiger partial charge in [0.2, 0.25) is 0 Å². The second-order valence-electron chi connectivity index (χ2n) is 8.04. The third-order valence-electron chi connectivity index (χ3n) is 6.15. The highest BCUT2D eigenvalue weighted by Gasteiger charge is 2.12. The minimum atomic E-state index is 0.340. The zero-order valence-corrected chi connectivity index (χ0v) is 22.5. The number of phenolic OH excluding ortho intramolecular Hbond substituents is 2. The van der Waals surface area contributed by atoms with Gasteiger partial charge in [0.1, 0.15) is 11.5 Å². The van der Waals surface area contributed by atoms with Gasteiger partial charge in [0.05, 0.1) is 0 Å². The van der Waals surface area contributed by atoms with Crippen molar-refractivity contribution >= 4 is 0 Å². The summed E-state index contributed by atoms with van der Waals surface area (Å²) in [6.07, 6.45) is 7.98. The van der Waals surface area contributed by atoms with Crippen molar-refractivity contribution in [3.63, 3.8) is 0 Å². The Morgan fingerprint density at radius 3 is 1.85 bits per heavy atom. The van der Waals surface area contributed by atoms with Crippen LogP contribution in [-0.2, 0) is 19.3 Å². The van der Waals surface area contributed by atoms with Gasteiger partial charge in [-0.15, -0.1) is 0 Å². The van der Waals surface area contributed by atoms with E-state index in [0.717, 1.165) is 59.1 Å². The highest BCUT2D eigenvalue weighted by atomic mass is 16.3. The fraction of sp³-hybridized carbons (Fsp3) is 0.375. The van der Waals surface area contributed by atoms with E-state index < -0.39 is 0 Å². The van der Waals surface area contributed by atoms with Crippen LogP contribution in [0.3, 0.4) is 0 Å². The maximum atomic E-state index is 10.8. The maximum absolute atomic E-state index is 10.8. The molecule has 184 valence electrons. The molecule has 2 nitrogen and oxygen atoms in total. The number of rotatable bonds is 7. The summed E-state index contributed by atoms with van der Waals surface area (Å²) < 4.78 is 0. The highest BCUT2D eigenvalue weighted by Crippen LogP contribution is 2.33. The number of allylic oxidation sites excluding steroid dienone is 2. The van der Waals surface area contributed by atoms with Crippen molar-refractivity contribution in [3.05, 3.63) is 94.1 Å². The Labute approximate surface area is 208 Å². The fourth-order valence-electron chi connectivity index (χ4n) is 3.94. The summed E-state index contributed by atoms with van der Waals surface area (Å²) in [5, 5.41) is 20.7. The molecule has 0 amide bonds. The molecule has 0 atom stereocenters.